The lowest BCUT2D eigenvalue weighted by Gasteiger charge is -2.36. The van der Waals surface area contributed by atoms with Crippen molar-refractivity contribution in [3.05, 3.63) is 29.6 Å². The molecule has 0 radical (unpaired) electrons. The zero-order chi connectivity index (χ0) is 13.9. The number of pyridine rings is 1. The van der Waals surface area contributed by atoms with Crippen molar-refractivity contribution >= 4 is 0 Å². The maximum Gasteiger partial charge on any atom is 0.0758 e. The third-order valence-corrected chi connectivity index (χ3v) is 4.82. The lowest BCUT2D eigenvalue weighted by molar-refractivity contribution is 0.0400. The van der Waals surface area contributed by atoms with E-state index in [1.807, 2.05) is 13.3 Å². The lowest BCUT2D eigenvalue weighted by atomic mass is 9.79. The Balaban J connectivity index is 1.87. The number of rotatable bonds is 6. The molecule has 1 N–H and O–H groups in total. The molecule has 1 fully saturated rings. The topological polar surface area (TPSA) is 34.2 Å². The van der Waals surface area contributed by atoms with Gasteiger partial charge in [0.1, 0.15) is 0 Å². The molecule has 3 atom stereocenters. The molecule has 1 saturated carbocycles. The van der Waals surface area contributed by atoms with Gasteiger partial charge in [0.25, 0.3) is 0 Å². The summed E-state index contributed by atoms with van der Waals surface area (Å²) in [5, 5.41) is 3.70. The van der Waals surface area contributed by atoms with Gasteiger partial charge >= 0.3 is 0 Å². The summed E-state index contributed by atoms with van der Waals surface area (Å²) in [5.41, 5.74) is 2.75. The third kappa shape index (κ3) is 2.75. The largest absolute Gasteiger partial charge is 0.380 e. The maximum atomic E-state index is 5.87. The summed E-state index contributed by atoms with van der Waals surface area (Å²) >= 11 is 0. The van der Waals surface area contributed by atoms with E-state index in [1.54, 1.807) is 0 Å². The molecule has 0 spiro atoms. The second-order valence-corrected chi connectivity index (χ2v) is 6.17. The van der Waals surface area contributed by atoms with E-state index in [0.29, 0.717) is 18.1 Å². The van der Waals surface area contributed by atoms with Crippen LogP contribution in [-0.2, 0) is 11.2 Å². The fourth-order valence-corrected chi connectivity index (χ4v) is 3.77. The maximum absolute atomic E-state index is 5.87. The first-order chi connectivity index (χ1) is 9.85. The van der Waals surface area contributed by atoms with Crippen LogP contribution < -0.4 is 5.32 Å². The van der Waals surface area contributed by atoms with E-state index < -0.39 is 0 Å². The Morgan fingerprint density at radius 3 is 2.95 bits per heavy atom. The highest BCUT2D eigenvalue weighted by Gasteiger charge is 2.41. The molecule has 110 valence electrons. The van der Waals surface area contributed by atoms with Crippen molar-refractivity contribution in [2.24, 2.45) is 5.92 Å². The molecule has 3 nitrogen and oxygen atoms in total. The van der Waals surface area contributed by atoms with Crippen molar-refractivity contribution in [3.63, 3.8) is 0 Å². The van der Waals surface area contributed by atoms with Crippen LogP contribution in [0.15, 0.2) is 18.3 Å². The average Bonchev–Trinajstić information content (AvgIpc) is 3.31. The Morgan fingerprint density at radius 2 is 2.25 bits per heavy atom. The highest BCUT2D eigenvalue weighted by atomic mass is 16.5. The summed E-state index contributed by atoms with van der Waals surface area (Å²) in [4.78, 5) is 4.70. The summed E-state index contributed by atoms with van der Waals surface area (Å²) < 4.78 is 5.87. The van der Waals surface area contributed by atoms with E-state index in [9.17, 15) is 0 Å². The Hall–Kier alpha value is -0.930. The molecule has 0 aliphatic heterocycles. The SMILES string of the molecule is CCNC(C1CCCc2cccnc21)C(OC)C1CC1. The van der Waals surface area contributed by atoms with Crippen molar-refractivity contribution in [1.29, 1.82) is 0 Å². The summed E-state index contributed by atoms with van der Waals surface area (Å²) in [6.45, 7) is 3.19. The van der Waals surface area contributed by atoms with Gasteiger partial charge in [-0.15, -0.1) is 0 Å². The molecular weight excluding hydrogens is 248 g/mol. The second kappa shape index (κ2) is 6.23. The van der Waals surface area contributed by atoms with E-state index >= 15 is 0 Å². The number of ether oxygens (including phenoxy) is 1. The van der Waals surface area contributed by atoms with Crippen LogP contribution in [-0.4, -0.2) is 30.8 Å². The molecule has 3 unspecified atom stereocenters. The fourth-order valence-electron chi connectivity index (χ4n) is 3.77. The van der Waals surface area contributed by atoms with Crippen molar-refractivity contribution in [2.75, 3.05) is 13.7 Å². The number of nitrogens with one attached hydrogen (secondary N) is 1. The number of fused-ring (bicyclic) bond motifs is 1. The van der Waals surface area contributed by atoms with Gasteiger partial charge in [0.15, 0.2) is 0 Å². The first-order valence-corrected chi connectivity index (χ1v) is 8.05. The quantitative estimate of drug-likeness (QED) is 0.866. The van der Waals surface area contributed by atoms with Crippen LogP contribution in [0.3, 0.4) is 0 Å². The molecular formula is C17H26N2O. The summed E-state index contributed by atoms with van der Waals surface area (Å²) in [6.07, 6.45) is 8.61. The zero-order valence-corrected chi connectivity index (χ0v) is 12.6. The predicted octanol–water partition coefficient (Wildman–Crippen LogP) is 2.90. The van der Waals surface area contributed by atoms with E-state index in [4.69, 9.17) is 9.72 Å². The fraction of sp³-hybridized carbons (Fsp3) is 0.706. The number of aryl methyl sites for hydroxylation is 1. The molecule has 1 heterocycles. The number of nitrogens with zero attached hydrogens (tertiary/aromatic N) is 1. The van der Waals surface area contributed by atoms with Gasteiger partial charge in [-0.1, -0.05) is 13.0 Å². The average molecular weight is 274 g/mol. The molecule has 20 heavy (non-hydrogen) atoms. The third-order valence-electron chi connectivity index (χ3n) is 4.82. The Kier molecular flexibility index (Phi) is 4.37. The standard InChI is InChI=1S/C17H26N2O/c1-3-18-16(17(20-2)13-9-10-13)14-8-4-6-12-7-5-11-19-15(12)14/h5,7,11,13-14,16-18H,3-4,6,8-10H2,1-2H3. The zero-order valence-electron chi connectivity index (χ0n) is 12.6. The first-order valence-electron chi connectivity index (χ1n) is 8.05. The number of hydrogen-bond donors (Lipinski definition) is 1. The molecule has 0 bridgehead atoms. The van der Waals surface area contributed by atoms with Gasteiger partial charge in [-0.3, -0.25) is 4.98 Å². The van der Waals surface area contributed by atoms with Gasteiger partial charge in [0.2, 0.25) is 0 Å². The monoisotopic (exact) mass is 274 g/mol. The molecule has 2 aliphatic carbocycles. The normalized spacial score (nSPS) is 25.0. The van der Waals surface area contributed by atoms with Gasteiger partial charge in [-0.05, 0) is 56.2 Å². The van der Waals surface area contributed by atoms with Crippen LogP contribution in [0, 0.1) is 5.92 Å². The van der Waals surface area contributed by atoms with Crippen LogP contribution in [0.25, 0.3) is 0 Å². The highest BCUT2D eigenvalue weighted by Crippen LogP contribution is 2.41. The Morgan fingerprint density at radius 1 is 1.40 bits per heavy atom. The van der Waals surface area contributed by atoms with Crippen LogP contribution in [0.4, 0.5) is 0 Å². The van der Waals surface area contributed by atoms with E-state index in [0.717, 1.165) is 12.5 Å². The minimum Gasteiger partial charge on any atom is -0.380 e. The number of methoxy groups -OCH3 is 1. The summed E-state index contributed by atoms with van der Waals surface area (Å²) in [5.74, 6) is 1.25. The van der Waals surface area contributed by atoms with Crippen LogP contribution >= 0.6 is 0 Å². The van der Waals surface area contributed by atoms with Gasteiger partial charge < -0.3 is 10.1 Å². The van der Waals surface area contributed by atoms with E-state index in [-0.39, 0.29) is 0 Å². The highest BCUT2D eigenvalue weighted by molar-refractivity contribution is 5.28. The predicted molar refractivity (Wildman–Crippen MR) is 80.9 cm³/mol. The van der Waals surface area contributed by atoms with Crippen molar-refractivity contribution < 1.29 is 4.74 Å². The lowest BCUT2D eigenvalue weighted by Crippen LogP contribution is -2.47. The van der Waals surface area contributed by atoms with Crippen molar-refractivity contribution in [3.8, 4) is 0 Å². The minimum atomic E-state index is 0.341. The van der Waals surface area contributed by atoms with Gasteiger partial charge in [0.05, 0.1) is 6.10 Å². The molecule has 2 aliphatic rings. The summed E-state index contributed by atoms with van der Waals surface area (Å²) in [7, 11) is 1.87. The number of aromatic nitrogens is 1. The molecule has 3 heteroatoms. The Labute approximate surface area is 122 Å². The van der Waals surface area contributed by atoms with Crippen LogP contribution in [0.2, 0.25) is 0 Å². The number of likely N-dealkylation sites (N-methyl/N-ethyl adjacent to an activating group) is 1. The molecule has 0 aromatic carbocycles. The molecule has 0 saturated heterocycles. The Bertz CT molecular complexity index is 444. The van der Waals surface area contributed by atoms with Crippen molar-refractivity contribution in [1.82, 2.24) is 10.3 Å². The molecule has 3 rings (SSSR count). The molecule has 0 amide bonds. The second-order valence-electron chi connectivity index (χ2n) is 6.17. The van der Waals surface area contributed by atoms with Crippen molar-refractivity contribution in [2.45, 2.75) is 57.1 Å². The van der Waals surface area contributed by atoms with Crippen LogP contribution in [0.5, 0.6) is 0 Å². The van der Waals surface area contributed by atoms with Gasteiger partial charge in [-0.25, -0.2) is 0 Å². The van der Waals surface area contributed by atoms with E-state index in [1.165, 1.54) is 43.4 Å². The minimum absolute atomic E-state index is 0.341. The van der Waals surface area contributed by atoms with E-state index in [2.05, 4.69) is 24.4 Å². The molecule has 1 aromatic rings. The van der Waals surface area contributed by atoms with Gasteiger partial charge in [0, 0.05) is 31.0 Å². The first kappa shape index (κ1) is 14.0. The molecule has 1 aromatic heterocycles. The van der Waals surface area contributed by atoms with Gasteiger partial charge in [-0.2, -0.15) is 0 Å². The summed E-state index contributed by atoms with van der Waals surface area (Å²) in [6, 6.07) is 4.72. The smallest absolute Gasteiger partial charge is 0.0758 e. The number of hydrogen-bond acceptors (Lipinski definition) is 3. The van der Waals surface area contributed by atoms with Crippen LogP contribution in [0.1, 0.15) is 49.8 Å².